The van der Waals surface area contributed by atoms with Gasteiger partial charge in [0.2, 0.25) is 0 Å². The number of aliphatic hydroxyl groups is 1. The second-order valence-corrected chi connectivity index (χ2v) is 5.38. The molecule has 2 N–H and O–H groups in total. The van der Waals surface area contributed by atoms with Crippen LogP contribution in [0.5, 0.6) is 0 Å². The van der Waals surface area contributed by atoms with Crippen LogP contribution in [0.3, 0.4) is 0 Å². The van der Waals surface area contributed by atoms with Gasteiger partial charge in [0, 0.05) is 5.69 Å². The van der Waals surface area contributed by atoms with Crippen LogP contribution >= 0.6 is 0 Å². The van der Waals surface area contributed by atoms with E-state index in [1.165, 1.54) is 12.0 Å². The lowest BCUT2D eigenvalue weighted by Crippen LogP contribution is -2.36. The SMILES string of the molecule is CC(C)c1cccc(N[C@H]2CCCC[C@@H]2O)c1. The van der Waals surface area contributed by atoms with Gasteiger partial charge in [0.25, 0.3) is 0 Å². The van der Waals surface area contributed by atoms with E-state index in [9.17, 15) is 5.11 Å². The van der Waals surface area contributed by atoms with Crippen molar-refractivity contribution in [2.24, 2.45) is 0 Å². The molecule has 1 saturated carbocycles. The first-order valence-corrected chi connectivity index (χ1v) is 6.71. The third-order valence-electron chi connectivity index (χ3n) is 3.63. The Hall–Kier alpha value is -1.02. The Labute approximate surface area is 104 Å². The van der Waals surface area contributed by atoms with Gasteiger partial charge in [-0.15, -0.1) is 0 Å². The van der Waals surface area contributed by atoms with Crippen LogP contribution in [0.1, 0.15) is 51.0 Å². The van der Waals surface area contributed by atoms with E-state index in [4.69, 9.17) is 0 Å². The van der Waals surface area contributed by atoms with Gasteiger partial charge >= 0.3 is 0 Å². The number of hydrogen-bond acceptors (Lipinski definition) is 2. The summed E-state index contributed by atoms with van der Waals surface area (Å²) in [6, 6.07) is 8.77. The molecule has 0 bridgehead atoms. The van der Waals surface area contributed by atoms with E-state index in [0.717, 1.165) is 24.9 Å². The first-order chi connectivity index (χ1) is 8.16. The summed E-state index contributed by atoms with van der Waals surface area (Å²) >= 11 is 0. The van der Waals surface area contributed by atoms with E-state index >= 15 is 0 Å². The molecule has 0 heterocycles. The minimum absolute atomic E-state index is 0.188. The van der Waals surface area contributed by atoms with Gasteiger partial charge in [-0.2, -0.15) is 0 Å². The van der Waals surface area contributed by atoms with E-state index in [2.05, 4.69) is 43.4 Å². The fraction of sp³-hybridized carbons (Fsp3) is 0.600. The highest BCUT2D eigenvalue weighted by atomic mass is 16.3. The lowest BCUT2D eigenvalue weighted by atomic mass is 9.92. The standard InChI is InChI=1S/C15H23NO/c1-11(2)12-6-5-7-13(10-12)16-14-8-3-4-9-15(14)17/h5-7,10-11,14-17H,3-4,8-9H2,1-2H3/t14-,15-/m0/s1. The average Bonchev–Trinajstić information content (AvgIpc) is 2.32. The molecule has 2 nitrogen and oxygen atoms in total. The maximum atomic E-state index is 9.95. The summed E-state index contributed by atoms with van der Waals surface area (Å²) in [7, 11) is 0. The number of anilines is 1. The highest BCUT2D eigenvalue weighted by Gasteiger charge is 2.22. The highest BCUT2D eigenvalue weighted by molar-refractivity contribution is 5.47. The van der Waals surface area contributed by atoms with Gasteiger partial charge in [0.05, 0.1) is 12.1 Å². The average molecular weight is 233 g/mol. The van der Waals surface area contributed by atoms with Crippen LogP contribution in [0.25, 0.3) is 0 Å². The largest absolute Gasteiger partial charge is 0.391 e. The summed E-state index contributed by atoms with van der Waals surface area (Å²) in [5.74, 6) is 0.549. The molecule has 1 aromatic carbocycles. The maximum Gasteiger partial charge on any atom is 0.0741 e. The first-order valence-electron chi connectivity index (χ1n) is 6.71. The fourth-order valence-corrected chi connectivity index (χ4v) is 2.48. The molecule has 1 aliphatic carbocycles. The van der Waals surface area contributed by atoms with Crippen LogP contribution in [0.4, 0.5) is 5.69 Å². The van der Waals surface area contributed by atoms with Crippen molar-refractivity contribution in [3.63, 3.8) is 0 Å². The van der Waals surface area contributed by atoms with Crippen molar-refractivity contribution >= 4 is 5.69 Å². The van der Waals surface area contributed by atoms with Gasteiger partial charge in [-0.05, 0) is 36.5 Å². The molecule has 2 rings (SSSR count). The molecule has 1 fully saturated rings. The van der Waals surface area contributed by atoms with Crippen molar-refractivity contribution in [2.75, 3.05) is 5.32 Å². The quantitative estimate of drug-likeness (QED) is 0.837. The Morgan fingerprint density at radius 1 is 1.24 bits per heavy atom. The van der Waals surface area contributed by atoms with Gasteiger partial charge in [0.1, 0.15) is 0 Å². The Morgan fingerprint density at radius 2 is 2.00 bits per heavy atom. The predicted octanol–water partition coefficient (Wildman–Crippen LogP) is 3.53. The zero-order chi connectivity index (χ0) is 12.3. The Bertz CT molecular complexity index is 362. The van der Waals surface area contributed by atoms with Gasteiger partial charge in [0.15, 0.2) is 0 Å². The lowest BCUT2D eigenvalue weighted by molar-refractivity contribution is 0.116. The third kappa shape index (κ3) is 3.22. The van der Waals surface area contributed by atoms with Crippen molar-refractivity contribution in [2.45, 2.75) is 57.6 Å². The van der Waals surface area contributed by atoms with Gasteiger partial charge < -0.3 is 10.4 Å². The molecule has 0 radical (unpaired) electrons. The molecule has 0 unspecified atom stereocenters. The van der Waals surface area contributed by atoms with E-state index in [-0.39, 0.29) is 12.1 Å². The van der Waals surface area contributed by atoms with Gasteiger partial charge in [-0.1, -0.05) is 38.8 Å². The molecular formula is C15H23NO. The molecular weight excluding hydrogens is 210 g/mol. The van der Waals surface area contributed by atoms with Crippen molar-refractivity contribution in [3.05, 3.63) is 29.8 Å². The second kappa shape index (κ2) is 5.54. The summed E-state index contributed by atoms with van der Waals surface area (Å²) in [4.78, 5) is 0. The van der Waals surface area contributed by atoms with E-state index < -0.39 is 0 Å². The van der Waals surface area contributed by atoms with Crippen molar-refractivity contribution in [1.29, 1.82) is 0 Å². The molecule has 0 saturated heterocycles. The molecule has 0 amide bonds. The van der Waals surface area contributed by atoms with Crippen LogP contribution in [-0.2, 0) is 0 Å². The number of benzene rings is 1. The Kier molecular flexibility index (Phi) is 4.06. The smallest absolute Gasteiger partial charge is 0.0741 e. The molecule has 94 valence electrons. The lowest BCUT2D eigenvalue weighted by Gasteiger charge is -2.29. The minimum atomic E-state index is -0.188. The summed E-state index contributed by atoms with van der Waals surface area (Å²) in [6.07, 6.45) is 4.20. The number of rotatable bonds is 3. The van der Waals surface area contributed by atoms with E-state index in [1.807, 2.05) is 0 Å². The number of nitrogens with one attached hydrogen (secondary N) is 1. The first kappa shape index (κ1) is 12.4. The van der Waals surface area contributed by atoms with Gasteiger partial charge in [-0.3, -0.25) is 0 Å². The molecule has 1 aromatic rings. The molecule has 1 aliphatic rings. The Morgan fingerprint density at radius 3 is 2.71 bits per heavy atom. The summed E-state index contributed by atoms with van der Waals surface area (Å²) < 4.78 is 0. The summed E-state index contributed by atoms with van der Waals surface area (Å²) in [5, 5.41) is 13.4. The summed E-state index contributed by atoms with van der Waals surface area (Å²) in [5.41, 5.74) is 2.49. The van der Waals surface area contributed by atoms with Crippen molar-refractivity contribution < 1.29 is 5.11 Å². The molecule has 2 heteroatoms. The third-order valence-corrected chi connectivity index (χ3v) is 3.63. The van der Waals surface area contributed by atoms with Crippen LogP contribution < -0.4 is 5.32 Å². The number of hydrogen-bond donors (Lipinski definition) is 2. The molecule has 0 aromatic heterocycles. The van der Waals surface area contributed by atoms with Gasteiger partial charge in [-0.25, -0.2) is 0 Å². The Balaban J connectivity index is 2.04. The van der Waals surface area contributed by atoms with Crippen LogP contribution in [0, 0.1) is 0 Å². The minimum Gasteiger partial charge on any atom is -0.391 e. The zero-order valence-corrected chi connectivity index (χ0v) is 10.8. The predicted molar refractivity (Wildman–Crippen MR) is 72.4 cm³/mol. The fourth-order valence-electron chi connectivity index (χ4n) is 2.48. The second-order valence-electron chi connectivity index (χ2n) is 5.38. The normalized spacial score (nSPS) is 24.9. The van der Waals surface area contributed by atoms with E-state index in [0.29, 0.717) is 5.92 Å². The van der Waals surface area contributed by atoms with Crippen LogP contribution in [-0.4, -0.2) is 17.3 Å². The summed E-state index contributed by atoms with van der Waals surface area (Å²) in [6.45, 7) is 4.41. The number of aliphatic hydroxyl groups excluding tert-OH is 1. The monoisotopic (exact) mass is 233 g/mol. The molecule has 2 atom stereocenters. The van der Waals surface area contributed by atoms with Crippen LogP contribution in [0.2, 0.25) is 0 Å². The van der Waals surface area contributed by atoms with Crippen molar-refractivity contribution in [3.8, 4) is 0 Å². The highest BCUT2D eigenvalue weighted by Crippen LogP contribution is 2.24. The van der Waals surface area contributed by atoms with Crippen LogP contribution in [0.15, 0.2) is 24.3 Å². The van der Waals surface area contributed by atoms with E-state index in [1.54, 1.807) is 0 Å². The van der Waals surface area contributed by atoms with Crippen molar-refractivity contribution in [1.82, 2.24) is 0 Å². The molecule has 17 heavy (non-hydrogen) atoms. The zero-order valence-electron chi connectivity index (χ0n) is 10.8. The molecule has 0 spiro atoms. The molecule has 0 aliphatic heterocycles. The maximum absolute atomic E-state index is 9.95. The topological polar surface area (TPSA) is 32.3 Å².